The van der Waals surface area contributed by atoms with Crippen LogP contribution in [0.2, 0.25) is 0 Å². The summed E-state index contributed by atoms with van der Waals surface area (Å²) in [5.74, 6) is -0.155. The molecule has 2 rings (SSSR count). The average molecular weight is 506 g/mol. The molecule has 2 unspecified atom stereocenters. The molecule has 1 heterocycles. The molecule has 0 aromatic heterocycles. The molecule has 0 saturated carbocycles. The van der Waals surface area contributed by atoms with Gasteiger partial charge in [0.1, 0.15) is 11.8 Å². The van der Waals surface area contributed by atoms with Crippen molar-refractivity contribution in [3.63, 3.8) is 0 Å². The highest BCUT2D eigenvalue weighted by molar-refractivity contribution is 7.80. The fourth-order valence-electron chi connectivity index (χ4n) is 3.69. The zero-order chi connectivity index (χ0) is 26.2. The first-order valence-electron chi connectivity index (χ1n) is 12.2. The molecule has 0 bridgehead atoms. The average Bonchev–Trinajstić information content (AvgIpc) is 2.79. The number of benzene rings is 1. The van der Waals surface area contributed by atoms with Crippen LogP contribution in [-0.2, 0) is 19.1 Å². The predicted molar refractivity (Wildman–Crippen MR) is 139 cm³/mol. The molecule has 2 atom stereocenters. The summed E-state index contributed by atoms with van der Waals surface area (Å²) >= 11 is 5.48. The lowest BCUT2D eigenvalue weighted by Crippen LogP contribution is -2.61. The smallest absolute Gasteiger partial charge is 0.308 e. The Hall–Kier alpha value is -2.68. The van der Waals surface area contributed by atoms with Gasteiger partial charge in [0, 0.05) is 18.5 Å². The number of thiocarbonyl (C=S) groups is 1. The maximum absolute atomic E-state index is 13.0. The van der Waals surface area contributed by atoms with Crippen molar-refractivity contribution in [1.29, 1.82) is 0 Å². The van der Waals surface area contributed by atoms with Gasteiger partial charge in [0.15, 0.2) is 5.11 Å². The van der Waals surface area contributed by atoms with Gasteiger partial charge >= 0.3 is 5.97 Å². The molecule has 2 N–H and O–H groups in total. The third kappa shape index (κ3) is 8.49. The molecular weight excluding hydrogens is 466 g/mol. The van der Waals surface area contributed by atoms with Crippen LogP contribution in [0.5, 0.6) is 5.75 Å². The SMILES string of the molecule is CCC(C)OC(=O)CC1C(=O)NCCN1C(=S)NC(=O)C(C)(C)CCCOc1cc(C)ccc1C. The van der Waals surface area contributed by atoms with Crippen molar-refractivity contribution in [3.05, 3.63) is 29.3 Å². The van der Waals surface area contributed by atoms with Crippen LogP contribution in [0.1, 0.15) is 64.5 Å². The second kappa shape index (κ2) is 12.9. The first-order valence-corrected chi connectivity index (χ1v) is 12.6. The highest BCUT2D eigenvalue weighted by atomic mass is 32.1. The second-order valence-corrected chi connectivity index (χ2v) is 10.2. The van der Waals surface area contributed by atoms with E-state index >= 15 is 0 Å². The molecule has 2 amide bonds. The molecule has 0 radical (unpaired) electrons. The van der Waals surface area contributed by atoms with Gasteiger partial charge in [-0.05, 0) is 69.4 Å². The number of hydrogen-bond donors (Lipinski definition) is 2. The topological polar surface area (TPSA) is 97.0 Å². The number of rotatable bonds is 10. The lowest BCUT2D eigenvalue weighted by Gasteiger charge is -2.37. The summed E-state index contributed by atoms with van der Waals surface area (Å²) in [5.41, 5.74) is 1.51. The van der Waals surface area contributed by atoms with Gasteiger partial charge in [-0.2, -0.15) is 0 Å². The van der Waals surface area contributed by atoms with E-state index in [1.54, 1.807) is 11.8 Å². The Kier molecular flexibility index (Phi) is 10.5. The maximum atomic E-state index is 13.0. The van der Waals surface area contributed by atoms with Gasteiger partial charge in [-0.25, -0.2) is 0 Å². The lowest BCUT2D eigenvalue weighted by molar-refractivity contribution is -0.151. The summed E-state index contributed by atoms with van der Waals surface area (Å²) in [7, 11) is 0. The number of esters is 1. The molecule has 8 nitrogen and oxygen atoms in total. The van der Waals surface area contributed by atoms with Crippen molar-refractivity contribution in [3.8, 4) is 5.75 Å². The molecule has 1 aliphatic rings. The van der Waals surface area contributed by atoms with E-state index in [0.717, 1.165) is 16.9 Å². The van der Waals surface area contributed by atoms with Gasteiger partial charge in [-0.15, -0.1) is 0 Å². The number of carbonyl (C=O) groups is 3. The van der Waals surface area contributed by atoms with Crippen molar-refractivity contribution < 1.29 is 23.9 Å². The van der Waals surface area contributed by atoms with E-state index in [9.17, 15) is 14.4 Å². The predicted octanol–water partition coefficient (Wildman–Crippen LogP) is 3.42. The Balaban J connectivity index is 1.91. The summed E-state index contributed by atoms with van der Waals surface area (Å²) in [6.07, 6.45) is 1.61. The van der Waals surface area contributed by atoms with Gasteiger partial charge in [0.05, 0.1) is 19.1 Å². The van der Waals surface area contributed by atoms with Crippen LogP contribution >= 0.6 is 12.2 Å². The third-order valence-electron chi connectivity index (χ3n) is 6.24. The summed E-state index contributed by atoms with van der Waals surface area (Å²) in [4.78, 5) is 39.4. The monoisotopic (exact) mass is 505 g/mol. The van der Waals surface area contributed by atoms with Gasteiger partial charge in [-0.3, -0.25) is 14.4 Å². The Morgan fingerprint density at radius 3 is 2.71 bits per heavy atom. The molecule has 1 aromatic carbocycles. The van der Waals surface area contributed by atoms with Crippen LogP contribution in [-0.4, -0.2) is 59.6 Å². The summed E-state index contributed by atoms with van der Waals surface area (Å²) in [6.45, 7) is 12.7. The minimum atomic E-state index is -0.817. The molecule has 1 fully saturated rings. The number of hydrogen-bond acceptors (Lipinski definition) is 6. The van der Waals surface area contributed by atoms with Crippen LogP contribution in [0, 0.1) is 19.3 Å². The van der Waals surface area contributed by atoms with Crippen molar-refractivity contribution in [2.24, 2.45) is 5.41 Å². The Morgan fingerprint density at radius 1 is 1.31 bits per heavy atom. The van der Waals surface area contributed by atoms with E-state index < -0.39 is 17.4 Å². The van der Waals surface area contributed by atoms with E-state index in [2.05, 4.69) is 10.6 Å². The second-order valence-electron chi connectivity index (χ2n) is 9.78. The molecule has 1 saturated heterocycles. The number of nitrogens with zero attached hydrogens (tertiary/aromatic N) is 1. The molecule has 194 valence electrons. The van der Waals surface area contributed by atoms with Crippen molar-refractivity contribution in [1.82, 2.24) is 15.5 Å². The highest BCUT2D eigenvalue weighted by Gasteiger charge is 2.36. The molecule has 1 aliphatic heterocycles. The number of nitrogens with one attached hydrogen (secondary N) is 2. The largest absolute Gasteiger partial charge is 0.493 e. The van der Waals surface area contributed by atoms with Crippen molar-refractivity contribution in [2.75, 3.05) is 19.7 Å². The zero-order valence-electron chi connectivity index (χ0n) is 21.7. The quantitative estimate of drug-likeness (QED) is 0.286. The molecule has 9 heteroatoms. The lowest BCUT2D eigenvalue weighted by atomic mass is 9.87. The van der Waals surface area contributed by atoms with Crippen LogP contribution in [0.25, 0.3) is 0 Å². The van der Waals surface area contributed by atoms with Crippen molar-refractivity contribution >= 4 is 35.1 Å². The van der Waals surface area contributed by atoms with E-state index in [1.165, 1.54) is 0 Å². The van der Waals surface area contributed by atoms with Crippen LogP contribution in [0.3, 0.4) is 0 Å². The number of carbonyl (C=O) groups excluding carboxylic acids is 3. The summed E-state index contributed by atoms with van der Waals surface area (Å²) < 4.78 is 11.2. The van der Waals surface area contributed by atoms with E-state index in [1.807, 2.05) is 52.8 Å². The first-order chi connectivity index (χ1) is 16.4. The first kappa shape index (κ1) is 28.6. The Morgan fingerprint density at radius 2 is 2.03 bits per heavy atom. The van der Waals surface area contributed by atoms with Gasteiger partial charge < -0.3 is 25.0 Å². The van der Waals surface area contributed by atoms with E-state index in [0.29, 0.717) is 39.0 Å². The standard InChI is InChI=1S/C26H39N3O5S/c1-7-19(4)34-22(30)16-20-23(31)27-12-13-29(20)25(35)28-24(32)26(5,6)11-8-14-33-21-15-17(2)9-10-18(21)3/h9-10,15,19-20H,7-8,11-14,16H2,1-6H3,(H,27,31)(H,28,32,35). The molecule has 0 aliphatic carbocycles. The zero-order valence-corrected chi connectivity index (χ0v) is 22.5. The number of amides is 2. The van der Waals surface area contributed by atoms with Gasteiger partial charge in [-0.1, -0.05) is 32.9 Å². The minimum Gasteiger partial charge on any atom is -0.493 e. The molecule has 0 spiro atoms. The molecule has 35 heavy (non-hydrogen) atoms. The van der Waals surface area contributed by atoms with E-state index in [-0.39, 0.29) is 29.5 Å². The number of piperazine rings is 1. The van der Waals surface area contributed by atoms with Gasteiger partial charge in [0.25, 0.3) is 0 Å². The minimum absolute atomic E-state index is 0.134. The number of aryl methyl sites for hydroxylation is 2. The highest BCUT2D eigenvalue weighted by Crippen LogP contribution is 2.24. The third-order valence-corrected chi connectivity index (χ3v) is 6.58. The fraction of sp³-hybridized carbons (Fsp3) is 0.615. The van der Waals surface area contributed by atoms with Gasteiger partial charge in [0.2, 0.25) is 11.8 Å². The fourth-order valence-corrected chi connectivity index (χ4v) is 4.00. The van der Waals surface area contributed by atoms with E-state index in [4.69, 9.17) is 21.7 Å². The summed E-state index contributed by atoms with van der Waals surface area (Å²) in [5, 5.41) is 5.68. The molecular formula is C26H39N3O5S. The van der Waals surface area contributed by atoms with Crippen molar-refractivity contribution in [2.45, 2.75) is 79.4 Å². The Labute approximate surface area is 214 Å². The van der Waals surface area contributed by atoms with Crippen LogP contribution in [0.4, 0.5) is 0 Å². The maximum Gasteiger partial charge on any atom is 0.308 e. The number of ether oxygens (including phenoxy) is 2. The Bertz CT molecular complexity index is 934. The molecule has 1 aromatic rings. The van der Waals surface area contributed by atoms with Crippen LogP contribution in [0.15, 0.2) is 18.2 Å². The van der Waals surface area contributed by atoms with Crippen LogP contribution < -0.4 is 15.4 Å². The normalized spacial score (nSPS) is 16.8. The summed E-state index contributed by atoms with van der Waals surface area (Å²) in [6, 6.07) is 5.27.